The van der Waals surface area contributed by atoms with Gasteiger partial charge in [0.15, 0.2) is 5.78 Å². The summed E-state index contributed by atoms with van der Waals surface area (Å²) in [6.45, 7) is 9.35. The summed E-state index contributed by atoms with van der Waals surface area (Å²) in [6, 6.07) is 6.10. The van der Waals surface area contributed by atoms with Gasteiger partial charge in [-0.3, -0.25) is 19.2 Å². The van der Waals surface area contributed by atoms with E-state index in [1.807, 2.05) is 26.0 Å². The zero-order valence-electron chi connectivity index (χ0n) is 21.2. The molecule has 2 aliphatic carbocycles. The van der Waals surface area contributed by atoms with Crippen LogP contribution in [-0.4, -0.2) is 23.1 Å². The number of carbonyl (C=O) groups is 4. The van der Waals surface area contributed by atoms with E-state index in [0.717, 1.165) is 61.6 Å². The maximum absolute atomic E-state index is 12.7. The third-order valence-electron chi connectivity index (χ3n) is 7.44. The second-order valence-corrected chi connectivity index (χ2v) is 10.2. The summed E-state index contributed by atoms with van der Waals surface area (Å²) < 4.78 is 0. The molecule has 3 unspecified atom stereocenters. The molecule has 0 amide bonds. The van der Waals surface area contributed by atoms with E-state index < -0.39 is 0 Å². The first-order valence-electron chi connectivity index (χ1n) is 12.8. The van der Waals surface area contributed by atoms with Crippen LogP contribution in [-0.2, 0) is 20.8 Å². The van der Waals surface area contributed by atoms with E-state index in [-0.39, 0.29) is 35.6 Å². The van der Waals surface area contributed by atoms with Crippen LogP contribution in [0.4, 0.5) is 0 Å². The van der Waals surface area contributed by atoms with E-state index in [2.05, 4.69) is 13.0 Å². The Balaban J connectivity index is 0.000000468. The van der Waals surface area contributed by atoms with Gasteiger partial charge in [0, 0.05) is 23.8 Å². The van der Waals surface area contributed by atoms with E-state index in [4.69, 9.17) is 0 Å². The van der Waals surface area contributed by atoms with Gasteiger partial charge in [0.1, 0.15) is 17.3 Å². The first kappa shape index (κ1) is 27.1. The van der Waals surface area contributed by atoms with Gasteiger partial charge >= 0.3 is 0 Å². The summed E-state index contributed by atoms with van der Waals surface area (Å²) in [5, 5.41) is 0. The highest BCUT2D eigenvalue weighted by molar-refractivity contribution is 6.00. The van der Waals surface area contributed by atoms with Gasteiger partial charge in [-0.1, -0.05) is 51.3 Å². The van der Waals surface area contributed by atoms with Crippen molar-refractivity contribution < 1.29 is 19.2 Å². The highest BCUT2D eigenvalue weighted by atomic mass is 16.1. The van der Waals surface area contributed by atoms with Crippen LogP contribution in [0, 0.1) is 30.6 Å². The fourth-order valence-electron chi connectivity index (χ4n) is 5.51. The van der Waals surface area contributed by atoms with Gasteiger partial charge < -0.3 is 0 Å². The molecular weight excluding hydrogens is 412 g/mol. The maximum Gasteiger partial charge on any atom is 0.163 e. The normalized spacial score (nSPS) is 19.4. The second-order valence-electron chi connectivity index (χ2n) is 10.2. The Morgan fingerprint density at radius 2 is 1.76 bits per heavy atom. The lowest BCUT2D eigenvalue weighted by Gasteiger charge is -2.31. The van der Waals surface area contributed by atoms with Crippen LogP contribution >= 0.6 is 0 Å². The van der Waals surface area contributed by atoms with Crippen LogP contribution < -0.4 is 0 Å². The Morgan fingerprint density at radius 1 is 1.06 bits per heavy atom. The minimum absolute atomic E-state index is 0.0460. The molecular formula is C29H42O4. The van der Waals surface area contributed by atoms with Crippen molar-refractivity contribution in [2.75, 3.05) is 0 Å². The molecule has 0 aliphatic heterocycles. The van der Waals surface area contributed by atoms with Crippen molar-refractivity contribution in [1.29, 1.82) is 0 Å². The average Bonchev–Trinajstić information content (AvgIpc) is 2.66. The highest BCUT2D eigenvalue weighted by Crippen LogP contribution is 2.36. The van der Waals surface area contributed by atoms with Crippen molar-refractivity contribution >= 4 is 23.1 Å². The summed E-state index contributed by atoms with van der Waals surface area (Å²) in [6.07, 6.45) is 8.77. The molecule has 4 heteroatoms. The highest BCUT2D eigenvalue weighted by Gasteiger charge is 2.32. The Morgan fingerprint density at radius 3 is 2.24 bits per heavy atom. The number of Topliss-reactive ketones (excluding diaryl/α,β-unsaturated/α-hetero) is 4. The quantitative estimate of drug-likeness (QED) is 0.379. The summed E-state index contributed by atoms with van der Waals surface area (Å²) in [5.41, 5.74) is 3.14. The lowest BCUT2D eigenvalue weighted by atomic mass is 9.72. The van der Waals surface area contributed by atoms with Crippen molar-refractivity contribution in [2.24, 2.45) is 23.7 Å². The molecule has 0 heterocycles. The van der Waals surface area contributed by atoms with E-state index in [9.17, 15) is 19.2 Å². The molecule has 33 heavy (non-hydrogen) atoms. The van der Waals surface area contributed by atoms with Crippen molar-refractivity contribution in [3.05, 3.63) is 34.9 Å². The van der Waals surface area contributed by atoms with E-state index in [1.54, 1.807) is 6.92 Å². The third kappa shape index (κ3) is 7.72. The maximum atomic E-state index is 12.7. The van der Waals surface area contributed by atoms with Gasteiger partial charge in [-0.05, 0) is 75.8 Å². The van der Waals surface area contributed by atoms with Crippen molar-refractivity contribution in [3.63, 3.8) is 0 Å². The number of benzene rings is 1. The van der Waals surface area contributed by atoms with Crippen LogP contribution in [0.15, 0.2) is 18.2 Å². The van der Waals surface area contributed by atoms with Crippen LogP contribution in [0.5, 0.6) is 0 Å². The van der Waals surface area contributed by atoms with Gasteiger partial charge in [0.2, 0.25) is 0 Å². The Labute approximate surface area is 199 Å². The Kier molecular flexibility index (Phi) is 10.7. The number of rotatable bonds is 10. The predicted molar refractivity (Wildman–Crippen MR) is 132 cm³/mol. The monoisotopic (exact) mass is 454 g/mol. The standard InChI is InChI=1S/C23H32O3.C6H10O/c1-5-8-18(20(6-2)21(25)11-16(4)24)12-17-13-19-10-7-9-15(3)23(19)22(26)14-17;1-5(7)6-3-2-4-6/h7,9-10,17-18,20H,5-6,8,11-14H2,1-4H3;6H,2-4H2,1H3. The first-order valence-corrected chi connectivity index (χ1v) is 12.8. The molecule has 1 aromatic rings. The summed E-state index contributed by atoms with van der Waals surface area (Å²) >= 11 is 0. The smallest absolute Gasteiger partial charge is 0.163 e. The summed E-state index contributed by atoms with van der Waals surface area (Å²) in [4.78, 5) is 47.0. The number of aryl methyl sites for hydroxylation is 1. The van der Waals surface area contributed by atoms with Gasteiger partial charge in [-0.2, -0.15) is 0 Å². The number of hydrogen-bond acceptors (Lipinski definition) is 4. The minimum Gasteiger partial charge on any atom is -0.300 e. The van der Waals surface area contributed by atoms with Gasteiger partial charge in [0.25, 0.3) is 0 Å². The number of fused-ring (bicyclic) bond motifs is 1. The van der Waals surface area contributed by atoms with Crippen LogP contribution in [0.3, 0.4) is 0 Å². The molecule has 1 fully saturated rings. The van der Waals surface area contributed by atoms with E-state index in [1.165, 1.54) is 13.3 Å². The molecule has 0 saturated heterocycles. The molecule has 0 spiro atoms. The molecule has 182 valence electrons. The molecule has 1 saturated carbocycles. The molecule has 3 atom stereocenters. The molecule has 0 radical (unpaired) electrons. The SMILES string of the molecule is CC(=O)C1CCC1.CCCC(CC1CC(=O)c2c(C)cccc2C1)C(CC)C(=O)CC(C)=O. The predicted octanol–water partition coefficient (Wildman–Crippen LogP) is 6.50. The van der Waals surface area contributed by atoms with Crippen molar-refractivity contribution in [2.45, 2.75) is 98.8 Å². The van der Waals surface area contributed by atoms with Crippen LogP contribution in [0.25, 0.3) is 0 Å². The van der Waals surface area contributed by atoms with Crippen molar-refractivity contribution in [1.82, 2.24) is 0 Å². The Hall–Kier alpha value is -2.10. The van der Waals surface area contributed by atoms with E-state index in [0.29, 0.717) is 24.0 Å². The Bertz CT molecular complexity index is 849. The first-order chi connectivity index (χ1) is 15.7. The van der Waals surface area contributed by atoms with Crippen LogP contribution in [0.2, 0.25) is 0 Å². The fraction of sp³-hybridized carbons (Fsp3) is 0.655. The topological polar surface area (TPSA) is 68.3 Å². The van der Waals surface area contributed by atoms with Gasteiger partial charge in [-0.25, -0.2) is 0 Å². The molecule has 2 aliphatic rings. The number of hydrogen-bond donors (Lipinski definition) is 0. The molecule has 0 bridgehead atoms. The van der Waals surface area contributed by atoms with E-state index >= 15 is 0 Å². The van der Waals surface area contributed by atoms with Gasteiger partial charge in [-0.15, -0.1) is 0 Å². The lowest BCUT2D eigenvalue weighted by molar-refractivity contribution is -0.130. The number of ketones is 4. The molecule has 1 aromatic carbocycles. The zero-order chi connectivity index (χ0) is 24.5. The average molecular weight is 455 g/mol. The molecule has 0 N–H and O–H groups in total. The third-order valence-corrected chi connectivity index (χ3v) is 7.44. The number of carbonyl (C=O) groups excluding carboxylic acids is 4. The molecule has 4 nitrogen and oxygen atoms in total. The molecule has 0 aromatic heterocycles. The largest absolute Gasteiger partial charge is 0.300 e. The molecule has 3 rings (SSSR count). The summed E-state index contributed by atoms with van der Waals surface area (Å²) in [7, 11) is 0. The van der Waals surface area contributed by atoms with Crippen LogP contribution in [0.1, 0.15) is 107 Å². The van der Waals surface area contributed by atoms with Crippen molar-refractivity contribution in [3.8, 4) is 0 Å². The minimum atomic E-state index is -0.0622. The fourth-order valence-corrected chi connectivity index (χ4v) is 5.51. The zero-order valence-corrected chi connectivity index (χ0v) is 21.2. The second kappa shape index (κ2) is 13.0. The van der Waals surface area contributed by atoms with Gasteiger partial charge in [0.05, 0.1) is 6.42 Å². The summed E-state index contributed by atoms with van der Waals surface area (Å²) in [5.74, 6) is 1.60. The lowest BCUT2D eigenvalue weighted by Crippen LogP contribution is -2.29.